The van der Waals surface area contributed by atoms with Gasteiger partial charge in [-0.2, -0.15) is 0 Å². The van der Waals surface area contributed by atoms with E-state index in [1.165, 1.54) is 0 Å². The summed E-state index contributed by atoms with van der Waals surface area (Å²) in [6.07, 6.45) is -0.571. The highest BCUT2D eigenvalue weighted by atomic mass is 16.8. The zero-order valence-electron chi connectivity index (χ0n) is 19.3. The highest BCUT2D eigenvalue weighted by Crippen LogP contribution is 2.16. The van der Waals surface area contributed by atoms with Gasteiger partial charge in [0, 0.05) is 0 Å². The topological polar surface area (TPSA) is 154 Å². The smallest absolute Gasteiger partial charge is 0.390 e. The number of hydroxylamine groups is 2. The van der Waals surface area contributed by atoms with Crippen molar-refractivity contribution in [3.63, 3.8) is 0 Å². The summed E-state index contributed by atoms with van der Waals surface area (Å²) in [6, 6.07) is 16.5. The molecule has 34 heavy (non-hydrogen) atoms. The van der Waals surface area contributed by atoms with Crippen LogP contribution in [0.1, 0.15) is 27.7 Å². The second kappa shape index (κ2) is 12.5. The van der Waals surface area contributed by atoms with E-state index in [2.05, 4.69) is 10.3 Å². The number of hydrogen-bond donors (Lipinski definition) is 2. The lowest BCUT2D eigenvalue weighted by molar-refractivity contribution is -0.167. The van der Waals surface area contributed by atoms with Gasteiger partial charge in [-0.3, -0.25) is 0 Å². The molecule has 0 aliphatic heterocycles. The molecule has 2 aromatic rings. The molecule has 182 valence electrons. The molecular weight excluding hydrogens is 444 g/mol. The summed E-state index contributed by atoms with van der Waals surface area (Å²) in [5, 5.41) is 9.09. The molecule has 2 rings (SSSR count). The molecule has 0 aliphatic rings. The van der Waals surface area contributed by atoms with E-state index >= 15 is 0 Å². The Hall–Kier alpha value is -4.48. The van der Waals surface area contributed by atoms with E-state index in [-0.39, 0.29) is 24.1 Å². The molecule has 0 bridgehead atoms. The molecule has 0 saturated heterocycles. The number of hydrogen-bond acceptors (Lipinski definition) is 8. The number of para-hydroxylation sites is 2. The molecule has 0 heterocycles. The Morgan fingerprint density at radius 2 is 1.00 bits per heavy atom. The molecule has 0 amide bonds. The lowest BCUT2D eigenvalue weighted by Crippen LogP contribution is -2.45. The van der Waals surface area contributed by atoms with Crippen molar-refractivity contribution in [3.8, 4) is 0 Å². The van der Waals surface area contributed by atoms with Crippen molar-refractivity contribution in [2.45, 2.75) is 39.9 Å². The van der Waals surface area contributed by atoms with Crippen molar-refractivity contribution in [3.05, 3.63) is 60.7 Å². The molecule has 0 aromatic heterocycles. The first kappa shape index (κ1) is 25.8. The molecule has 0 spiro atoms. The molecule has 12 nitrogen and oxygen atoms in total. The van der Waals surface area contributed by atoms with Gasteiger partial charge in [0.15, 0.2) is 0 Å². The minimum absolute atomic E-state index is 0.286. The van der Waals surface area contributed by atoms with Crippen LogP contribution in [0.3, 0.4) is 0 Å². The molecule has 4 N–H and O–H groups in total. The number of carbonyl (C=O) groups excluding carboxylic acids is 2. The SMILES string of the molecule is CC(C)ON=C(N)N(OC(=O)C(=O)ON(C(N)=NOC(C)C)c1ccccc1)c1ccccc1. The summed E-state index contributed by atoms with van der Waals surface area (Å²) in [7, 11) is 0. The quantitative estimate of drug-likeness (QED) is 0.277. The van der Waals surface area contributed by atoms with Crippen LogP contribution < -0.4 is 21.6 Å². The Morgan fingerprint density at radius 3 is 1.29 bits per heavy atom. The van der Waals surface area contributed by atoms with Gasteiger partial charge in [0.1, 0.15) is 12.2 Å². The van der Waals surface area contributed by atoms with Crippen molar-refractivity contribution in [1.82, 2.24) is 0 Å². The maximum absolute atomic E-state index is 12.6. The second-order valence-corrected chi connectivity index (χ2v) is 7.22. The van der Waals surface area contributed by atoms with Gasteiger partial charge in [-0.05, 0) is 62.3 Å². The van der Waals surface area contributed by atoms with Gasteiger partial charge >= 0.3 is 11.9 Å². The van der Waals surface area contributed by atoms with Crippen LogP contribution in [-0.4, -0.2) is 36.1 Å². The van der Waals surface area contributed by atoms with E-state index in [1.807, 2.05) is 0 Å². The van der Waals surface area contributed by atoms with Crippen LogP contribution in [0, 0.1) is 0 Å². The number of nitrogens with two attached hydrogens (primary N) is 2. The molecule has 0 radical (unpaired) electrons. The van der Waals surface area contributed by atoms with Crippen molar-refractivity contribution >= 4 is 35.2 Å². The first-order valence-electron chi connectivity index (χ1n) is 10.3. The van der Waals surface area contributed by atoms with Crippen LogP contribution in [0.5, 0.6) is 0 Å². The van der Waals surface area contributed by atoms with Crippen LogP contribution in [0.2, 0.25) is 0 Å². The van der Waals surface area contributed by atoms with E-state index in [9.17, 15) is 9.59 Å². The summed E-state index contributed by atoms with van der Waals surface area (Å²) in [5.41, 5.74) is 12.4. The lowest BCUT2D eigenvalue weighted by atomic mass is 10.3. The fraction of sp³-hybridized carbons (Fsp3) is 0.273. The fourth-order valence-electron chi connectivity index (χ4n) is 2.22. The number of oxime groups is 2. The summed E-state index contributed by atoms with van der Waals surface area (Å²) < 4.78 is 0. The minimum atomic E-state index is -1.41. The molecular formula is C22H28N6O6. The molecule has 0 saturated carbocycles. The molecule has 2 aromatic carbocycles. The van der Waals surface area contributed by atoms with Gasteiger partial charge in [0.2, 0.25) is 0 Å². The molecule has 12 heteroatoms. The first-order valence-corrected chi connectivity index (χ1v) is 10.3. The standard InChI is InChI=1S/C22H28N6O6/c1-15(2)31-25-21(23)27(17-11-7-5-8-12-17)33-19(29)20(30)34-28(18-13-9-6-10-14-18)22(24)26-32-16(3)4/h5-16H,1-4H3,(H2,23,25)(H2,24,26). The number of guanidine groups is 2. The summed E-state index contributed by atoms with van der Waals surface area (Å²) in [5.74, 6) is -3.48. The Labute approximate surface area is 197 Å². The van der Waals surface area contributed by atoms with Crippen molar-refractivity contribution in [2.24, 2.45) is 21.8 Å². The molecule has 0 atom stereocenters. The minimum Gasteiger partial charge on any atom is -0.390 e. The monoisotopic (exact) mass is 472 g/mol. The zero-order chi connectivity index (χ0) is 25.1. The number of benzene rings is 2. The number of carbonyl (C=O) groups is 2. The van der Waals surface area contributed by atoms with Gasteiger partial charge in [-0.15, -0.1) is 10.1 Å². The van der Waals surface area contributed by atoms with Crippen LogP contribution >= 0.6 is 0 Å². The summed E-state index contributed by atoms with van der Waals surface area (Å²) in [4.78, 5) is 45.7. The van der Waals surface area contributed by atoms with Crippen molar-refractivity contribution in [2.75, 3.05) is 10.1 Å². The van der Waals surface area contributed by atoms with E-state index in [0.717, 1.165) is 10.1 Å². The van der Waals surface area contributed by atoms with Crippen molar-refractivity contribution in [1.29, 1.82) is 0 Å². The number of rotatable bonds is 6. The zero-order valence-corrected chi connectivity index (χ0v) is 19.3. The predicted octanol–water partition coefficient (Wildman–Crippen LogP) is 2.23. The van der Waals surface area contributed by atoms with Crippen LogP contribution in [0.4, 0.5) is 11.4 Å². The lowest BCUT2D eigenvalue weighted by Gasteiger charge is -2.23. The average Bonchev–Trinajstić information content (AvgIpc) is 2.83. The molecule has 0 unspecified atom stereocenters. The maximum atomic E-state index is 12.6. The van der Waals surface area contributed by atoms with E-state index < -0.39 is 11.9 Å². The Morgan fingerprint density at radius 1 is 0.676 bits per heavy atom. The number of nitrogens with zero attached hydrogens (tertiary/aromatic N) is 4. The van der Waals surface area contributed by atoms with E-state index in [4.69, 9.17) is 30.8 Å². The molecule has 0 fully saturated rings. The number of anilines is 2. The largest absolute Gasteiger partial charge is 0.444 e. The van der Waals surface area contributed by atoms with Crippen molar-refractivity contribution < 1.29 is 28.9 Å². The highest BCUT2D eigenvalue weighted by Gasteiger charge is 2.29. The Balaban J connectivity index is 2.24. The third-order valence-electron chi connectivity index (χ3n) is 3.63. The van der Waals surface area contributed by atoms with E-state index in [0.29, 0.717) is 11.4 Å². The fourth-order valence-corrected chi connectivity index (χ4v) is 2.22. The predicted molar refractivity (Wildman–Crippen MR) is 126 cm³/mol. The third kappa shape index (κ3) is 7.89. The second-order valence-electron chi connectivity index (χ2n) is 7.22. The van der Waals surface area contributed by atoms with Crippen LogP contribution in [0.15, 0.2) is 71.0 Å². The van der Waals surface area contributed by atoms with Gasteiger partial charge in [0.05, 0.1) is 11.4 Å². The maximum Gasteiger partial charge on any atom is 0.444 e. The van der Waals surface area contributed by atoms with E-state index in [1.54, 1.807) is 88.4 Å². The highest BCUT2D eigenvalue weighted by molar-refractivity contribution is 6.30. The van der Waals surface area contributed by atoms with Crippen LogP contribution in [0.25, 0.3) is 0 Å². The third-order valence-corrected chi connectivity index (χ3v) is 3.63. The Bertz CT molecular complexity index is 916. The molecule has 0 aliphatic carbocycles. The van der Waals surface area contributed by atoms with Gasteiger partial charge in [0.25, 0.3) is 11.9 Å². The Kier molecular flexibility index (Phi) is 9.50. The summed E-state index contributed by atoms with van der Waals surface area (Å²) >= 11 is 0. The first-order chi connectivity index (χ1) is 16.2. The van der Waals surface area contributed by atoms with Gasteiger partial charge in [-0.25, -0.2) is 9.59 Å². The van der Waals surface area contributed by atoms with Gasteiger partial charge in [-0.1, -0.05) is 36.4 Å². The normalized spacial score (nSPS) is 11.7. The van der Waals surface area contributed by atoms with Gasteiger partial charge < -0.3 is 30.8 Å². The summed E-state index contributed by atoms with van der Waals surface area (Å²) in [6.45, 7) is 6.95. The van der Waals surface area contributed by atoms with Crippen LogP contribution in [-0.2, 0) is 28.9 Å². The average molecular weight is 473 g/mol.